The molecule has 0 bridgehead atoms. The average molecular weight is 572 g/mol. The number of rotatable bonds is 10. The van der Waals surface area contributed by atoms with Crippen LogP contribution in [0.1, 0.15) is 47.1 Å². The fourth-order valence-corrected chi connectivity index (χ4v) is 4.57. The molecule has 206 valence electrons. The number of nitrogens with one attached hydrogen (secondary N) is 1. The van der Waals surface area contributed by atoms with Crippen LogP contribution < -0.4 is 5.32 Å². The summed E-state index contributed by atoms with van der Waals surface area (Å²) in [5.41, 5.74) is 5.18. The van der Waals surface area contributed by atoms with Gasteiger partial charge in [0.2, 0.25) is 0 Å². The summed E-state index contributed by atoms with van der Waals surface area (Å²) < 4.78 is 8.90. The van der Waals surface area contributed by atoms with Crippen LogP contribution in [0, 0.1) is 0 Å². The van der Waals surface area contributed by atoms with Crippen molar-refractivity contribution in [2.45, 2.75) is 39.0 Å². The fraction of sp³-hybridized carbons (Fsp3) is 0.286. The second-order valence-corrected chi connectivity index (χ2v) is 9.19. The summed E-state index contributed by atoms with van der Waals surface area (Å²) in [5, 5.41) is 26.4. The van der Waals surface area contributed by atoms with Gasteiger partial charge in [-0.1, -0.05) is 42.5 Å². The van der Waals surface area contributed by atoms with E-state index in [1.165, 1.54) is 0 Å². The van der Waals surface area contributed by atoms with E-state index in [1.54, 1.807) is 16.8 Å². The van der Waals surface area contributed by atoms with Crippen molar-refractivity contribution in [3.63, 3.8) is 0 Å². The number of pyridine rings is 1. The maximum Gasteiger partial charge on any atom is 0.354 e. The fourth-order valence-electron chi connectivity index (χ4n) is 4.57. The van der Waals surface area contributed by atoms with Crippen LogP contribution in [0.15, 0.2) is 72.9 Å². The minimum absolute atomic E-state index is 0. The van der Waals surface area contributed by atoms with Gasteiger partial charge in [-0.3, -0.25) is 0 Å². The number of hydrogen-bond acceptors (Lipinski definition) is 7. The van der Waals surface area contributed by atoms with Crippen molar-refractivity contribution < 1.29 is 14.6 Å². The molecule has 5 rings (SSSR count). The molecule has 0 saturated carbocycles. The van der Waals surface area contributed by atoms with Gasteiger partial charge in [-0.05, 0) is 66.1 Å². The molecule has 0 saturated heterocycles. The van der Waals surface area contributed by atoms with Crippen LogP contribution in [0.5, 0.6) is 0 Å². The summed E-state index contributed by atoms with van der Waals surface area (Å²) in [6.07, 6.45) is 1.83. The molecule has 11 heteroatoms. The van der Waals surface area contributed by atoms with Gasteiger partial charge in [0.15, 0.2) is 5.65 Å². The molecular formula is C28H32Cl2N6O3. The SMILES string of the molecule is CCOC(=O)c1cc2cc(CC(C)NCC(O)c3ccc4nnnn4c3)ccc2n1Cc1ccccc1.Cl.Cl. The number of fused-ring (bicyclic) bond motifs is 2. The Kier molecular flexibility index (Phi) is 10.4. The third-order valence-corrected chi connectivity index (χ3v) is 6.43. The second-order valence-electron chi connectivity index (χ2n) is 9.19. The summed E-state index contributed by atoms with van der Waals surface area (Å²) in [7, 11) is 0. The molecule has 2 N–H and O–H groups in total. The Balaban J connectivity index is 0.00000210. The van der Waals surface area contributed by atoms with Crippen molar-refractivity contribution in [2.24, 2.45) is 0 Å². The molecule has 0 radical (unpaired) electrons. The van der Waals surface area contributed by atoms with Gasteiger partial charge in [-0.15, -0.1) is 29.9 Å². The van der Waals surface area contributed by atoms with Gasteiger partial charge in [-0.2, -0.15) is 0 Å². The van der Waals surface area contributed by atoms with Gasteiger partial charge in [-0.25, -0.2) is 9.31 Å². The van der Waals surface area contributed by atoms with Crippen LogP contribution in [0.3, 0.4) is 0 Å². The van der Waals surface area contributed by atoms with Crippen molar-refractivity contribution in [3.8, 4) is 0 Å². The van der Waals surface area contributed by atoms with Crippen molar-refractivity contribution in [1.29, 1.82) is 0 Å². The van der Waals surface area contributed by atoms with Gasteiger partial charge >= 0.3 is 5.97 Å². The van der Waals surface area contributed by atoms with Gasteiger partial charge < -0.3 is 19.7 Å². The molecule has 39 heavy (non-hydrogen) atoms. The highest BCUT2D eigenvalue weighted by molar-refractivity contribution is 5.96. The van der Waals surface area contributed by atoms with Crippen molar-refractivity contribution in [3.05, 3.63) is 95.3 Å². The van der Waals surface area contributed by atoms with E-state index in [1.807, 2.05) is 41.8 Å². The molecule has 0 aliphatic rings. The van der Waals surface area contributed by atoms with E-state index in [0.29, 0.717) is 31.0 Å². The lowest BCUT2D eigenvalue weighted by Gasteiger charge is -2.18. The van der Waals surface area contributed by atoms with Crippen LogP contribution in [-0.2, 0) is 17.7 Å². The Hall–Kier alpha value is -3.50. The molecule has 2 aromatic carbocycles. The maximum atomic E-state index is 12.7. The molecule has 9 nitrogen and oxygen atoms in total. The smallest absolute Gasteiger partial charge is 0.354 e. The third kappa shape index (κ3) is 6.93. The first-order valence-corrected chi connectivity index (χ1v) is 12.4. The third-order valence-electron chi connectivity index (χ3n) is 6.43. The lowest BCUT2D eigenvalue weighted by Crippen LogP contribution is -2.32. The highest BCUT2D eigenvalue weighted by Crippen LogP contribution is 2.24. The van der Waals surface area contributed by atoms with Gasteiger partial charge in [0.25, 0.3) is 0 Å². The van der Waals surface area contributed by atoms with E-state index in [9.17, 15) is 9.90 Å². The average Bonchev–Trinajstić information content (AvgIpc) is 3.52. The highest BCUT2D eigenvalue weighted by Gasteiger charge is 2.18. The number of aliphatic hydroxyl groups excluding tert-OH is 1. The lowest BCUT2D eigenvalue weighted by atomic mass is 10.0. The number of ether oxygens (including phenoxy) is 1. The van der Waals surface area contributed by atoms with Crippen LogP contribution in [-0.4, -0.2) is 54.9 Å². The predicted octanol–water partition coefficient (Wildman–Crippen LogP) is 4.40. The molecule has 5 aromatic rings. The first-order valence-electron chi connectivity index (χ1n) is 12.4. The molecular weight excluding hydrogens is 539 g/mol. The summed E-state index contributed by atoms with van der Waals surface area (Å²) in [6, 6.07) is 22.0. The number of tetrazole rings is 1. The number of halogens is 2. The number of nitrogens with zero attached hydrogens (tertiary/aromatic N) is 5. The first kappa shape index (κ1) is 30.0. The van der Waals surface area contributed by atoms with E-state index >= 15 is 0 Å². The zero-order valence-corrected chi connectivity index (χ0v) is 23.4. The number of benzene rings is 2. The number of aromatic nitrogens is 5. The van der Waals surface area contributed by atoms with Crippen molar-refractivity contribution in [1.82, 2.24) is 29.9 Å². The summed E-state index contributed by atoms with van der Waals surface area (Å²) in [4.78, 5) is 12.7. The Bertz CT molecular complexity index is 1520. The first-order chi connectivity index (χ1) is 18.0. The van der Waals surface area contributed by atoms with Crippen LogP contribution >= 0.6 is 24.8 Å². The topological polar surface area (TPSA) is 107 Å². The second kappa shape index (κ2) is 13.5. The number of aliphatic hydroxyl groups is 1. The lowest BCUT2D eigenvalue weighted by molar-refractivity contribution is 0.0515. The standard InChI is InChI=1S/C28H30N6O3.2ClH/c1-3-37-28(36)25-15-23-14-21(9-11-24(23)33(25)17-20-7-5-4-6-8-20)13-19(2)29-16-26(35)22-10-12-27-30-31-32-34(27)18-22;;/h4-12,14-15,18-19,26,29,35H,3,13,16-17H2,1-2H3;2*1H. The largest absolute Gasteiger partial charge is 0.461 e. The Morgan fingerprint density at radius 1 is 1.05 bits per heavy atom. The zero-order chi connectivity index (χ0) is 25.8. The number of carbonyl (C=O) groups is 1. The van der Waals surface area contributed by atoms with Crippen molar-refractivity contribution >= 4 is 47.3 Å². The Labute approximate surface area is 239 Å². The van der Waals surface area contributed by atoms with Crippen molar-refractivity contribution in [2.75, 3.05) is 13.2 Å². The van der Waals surface area contributed by atoms with E-state index in [-0.39, 0.29) is 36.8 Å². The number of carbonyl (C=O) groups excluding carboxylic acids is 1. The maximum absolute atomic E-state index is 12.7. The Morgan fingerprint density at radius 2 is 1.85 bits per heavy atom. The molecule has 0 spiro atoms. The van der Waals surface area contributed by atoms with E-state index in [0.717, 1.165) is 34.0 Å². The van der Waals surface area contributed by atoms with E-state index in [4.69, 9.17) is 4.74 Å². The van der Waals surface area contributed by atoms with E-state index < -0.39 is 6.10 Å². The van der Waals surface area contributed by atoms with Gasteiger partial charge in [0, 0.05) is 41.8 Å². The molecule has 3 heterocycles. The van der Waals surface area contributed by atoms with E-state index in [2.05, 4.69) is 58.1 Å². The molecule has 3 aromatic heterocycles. The highest BCUT2D eigenvalue weighted by atomic mass is 35.5. The minimum atomic E-state index is -0.683. The summed E-state index contributed by atoms with van der Waals surface area (Å²) in [6.45, 7) is 5.22. The molecule has 0 aliphatic carbocycles. The Morgan fingerprint density at radius 3 is 2.62 bits per heavy atom. The van der Waals surface area contributed by atoms with Gasteiger partial charge in [0.05, 0.1) is 12.7 Å². The molecule has 2 unspecified atom stereocenters. The monoisotopic (exact) mass is 570 g/mol. The van der Waals surface area contributed by atoms with Crippen LogP contribution in [0.4, 0.5) is 0 Å². The normalized spacial score (nSPS) is 12.5. The quantitative estimate of drug-likeness (QED) is 0.239. The van der Waals surface area contributed by atoms with Crippen LogP contribution in [0.2, 0.25) is 0 Å². The summed E-state index contributed by atoms with van der Waals surface area (Å²) in [5.74, 6) is -0.319. The molecule has 0 aliphatic heterocycles. The molecule has 2 atom stereocenters. The minimum Gasteiger partial charge on any atom is -0.461 e. The molecule has 0 amide bonds. The number of hydrogen-bond donors (Lipinski definition) is 2. The number of esters is 1. The summed E-state index contributed by atoms with van der Waals surface area (Å²) >= 11 is 0. The predicted molar refractivity (Wildman–Crippen MR) is 155 cm³/mol. The van der Waals surface area contributed by atoms with Gasteiger partial charge in [0.1, 0.15) is 5.69 Å². The molecule has 0 fully saturated rings. The zero-order valence-electron chi connectivity index (χ0n) is 21.7. The van der Waals surface area contributed by atoms with Crippen LogP contribution in [0.25, 0.3) is 16.6 Å².